The number of carbonyl (C=O) groups is 1. The Bertz CT molecular complexity index is 584. The Morgan fingerprint density at radius 2 is 1.96 bits per heavy atom. The highest BCUT2D eigenvalue weighted by Crippen LogP contribution is 2.31. The van der Waals surface area contributed by atoms with Gasteiger partial charge >= 0.3 is 0 Å². The number of halogens is 1. The smallest absolute Gasteiger partial charge is 0.224 e. The van der Waals surface area contributed by atoms with Gasteiger partial charge in [-0.1, -0.05) is 32.1 Å². The van der Waals surface area contributed by atoms with Crippen LogP contribution in [0.15, 0.2) is 0 Å². The summed E-state index contributed by atoms with van der Waals surface area (Å²) in [6.45, 7) is 1.99. The lowest BCUT2D eigenvalue weighted by molar-refractivity contribution is -0.121. The van der Waals surface area contributed by atoms with E-state index in [1.807, 2.05) is 18.9 Å². The maximum atomic E-state index is 12.7. The van der Waals surface area contributed by atoms with Crippen LogP contribution in [0.1, 0.15) is 63.1 Å². The van der Waals surface area contributed by atoms with Gasteiger partial charge < -0.3 is 4.90 Å². The van der Waals surface area contributed by atoms with Gasteiger partial charge in [-0.15, -0.1) is 0 Å². The van der Waals surface area contributed by atoms with Gasteiger partial charge in [-0.2, -0.15) is 0 Å². The Labute approximate surface area is 143 Å². The van der Waals surface area contributed by atoms with Crippen LogP contribution >= 0.6 is 11.6 Å². The predicted octanol–water partition coefficient (Wildman–Crippen LogP) is 3.98. The summed E-state index contributed by atoms with van der Waals surface area (Å²) < 4.78 is 0. The van der Waals surface area contributed by atoms with Gasteiger partial charge in [0.2, 0.25) is 5.28 Å². The van der Waals surface area contributed by atoms with Crippen LogP contribution in [0, 0.1) is 5.92 Å². The summed E-state index contributed by atoms with van der Waals surface area (Å²) >= 11 is 6.08. The molecule has 0 amide bonds. The van der Waals surface area contributed by atoms with Gasteiger partial charge in [-0.25, -0.2) is 9.97 Å². The maximum absolute atomic E-state index is 12.7. The summed E-state index contributed by atoms with van der Waals surface area (Å²) in [5.74, 6) is 1.75. The number of aryl methyl sites for hydroxylation is 1. The summed E-state index contributed by atoms with van der Waals surface area (Å²) in [6.07, 6.45) is 10.0. The fourth-order valence-corrected chi connectivity index (χ4v) is 4.10. The van der Waals surface area contributed by atoms with Crippen LogP contribution in [-0.2, 0) is 17.6 Å². The number of hydrogen-bond acceptors (Lipinski definition) is 4. The van der Waals surface area contributed by atoms with Gasteiger partial charge in [0.1, 0.15) is 5.82 Å². The summed E-state index contributed by atoms with van der Waals surface area (Å²) in [6, 6.07) is -0.160. The fourth-order valence-electron chi connectivity index (χ4n) is 3.92. The SMILES string of the molecule is CC(C(=O)CC1CCCCC1)N(C)c1nc(Cl)nc2c1CCC2. The molecule has 1 heterocycles. The van der Waals surface area contributed by atoms with Crippen molar-refractivity contribution < 1.29 is 4.79 Å². The number of rotatable bonds is 5. The molecule has 3 rings (SSSR count). The Hall–Kier alpha value is -1.16. The molecule has 1 aromatic heterocycles. The minimum absolute atomic E-state index is 0.160. The largest absolute Gasteiger partial charge is 0.350 e. The molecule has 0 saturated heterocycles. The third-order valence-corrected chi connectivity index (χ3v) is 5.65. The monoisotopic (exact) mass is 335 g/mol. The van der Waals surface area contributed by atoms with Gasteiger partial charge in [-0.3, -0.25) is 4.79 Å². The molecule has 0 spiro atoms. The minimum atomic E-state index is -0.160. The van der Waals surface area contributed by atoms with Crippen molar-refractivity contribution in [3.63, 3.8) is 0 Å². The van der Waals surface area contributed by atoms with Crippen LogP contribution in [0.25, 0.3) is 0 Å². The number of fused-ring (bicyclic) bond motifs is 1. The van der Waals surface area contributed by atoms with Crippen LogP contribution in [0.2, 0.25) is 5.28 Å². The molecule has 1 fully saturated rings. The fraction of sp³-hybridized carbons (Fsp3) is 0.722. The molecule has 0 aliphatic heterocycles. The maximum Gasteiger partial charge on any atom is 0.224 e. The third-order valence-electron chi connectivity index (χ3n) is 5.48. The lowest BCUT2D eigenvalue weighted by Crippen LogP contribution is -2.38. The first kappa shape index (κ1) is 16.7. The van der Waals surface area contributed by atoms with Crippen molar-refractivity contribution in [3.05, 3.63) is 16.5 Å². The van der Waals surface area contributed by atoms with E-state index >= 15 is 0 Å². The molecule has 2 aliphatic carbocycles. The number of Topliss-reactive ketones (excluding diaryl/α,β-unsaturated/α-hetero) is 1. The van der Waals surface area contributed by atoms with Crippen molar-refractivity contribution in [1.82, 2.24) is 9.97 Å². The van der Waals surface area contributed by atoms with Crippen molar-refractivity contribution in [2.24, 2.45) is 5.92 Å². The average Bonchev–Trinajstić information content (AvgIpc) is 3.01. The van der Waals surface area contributed by atoms with E-state index in [0.717, 1.165) is 30.8 Å². The zero-order valence-electron chi connectivity index (χ0n) is 14.1. The predicted molar refractivity (Wildman–Crippen MR) is 93.1 cm³/mol. The van der Waals surface area contributed by atoms with E-state index in [9.17, 15) is 4.79 Å². The second-order valence-electron chi connectivity index (χ2n) is 7.06. The highest BCUT2D eigenvalue weighted by Gasteiger charge is 2.27. The summed E-state index contributed by atoms with van der Waals surface area (Å²) in [7, 11) is 1.96. The molecule has 23 heavy (non-hydrogen) atoms. The Morgan fingerprint density at radius 1 is 1.22 bits per heavy atom. The molecular formula is C18H26ClN3O. The first-order valence-corrected chi connectivity index (χ1v) is 9.25. The molecule has 0 aromatic carbocycles. The van der Waals surface area contributed by atoms with E-state index in [1.165, 1.54) is 37.7 Å². The topological polar surface area (TPSA) is 46.1 Å². The van der Waals surface area contributed by atoms with Crippen LogP contribution in [0.3, 0.4) is 0 Å². The van der Waals surface area contributed by atoms with Gasteiger partial charge in [0.25, 0.3) is 0 Å². The quantitative estimate of drug-likeness (QED) is 0.763. The molecule has 2 aliphatic rings. The molecule has 126 valence electrons. The Kier molecular flexibility index (Phi) is 5.20. The average molecular weight is 336 g/mol. The van der Waals surface area contributed by atoms with Gasteiger partial charge in [0.15, 0.2) is 5.78 Å². The molecule has 1 aromatic rings. The number of ketones is 1. The zero-order chi connectivity index (χ0) is 16.4. The Balaban J connectivity index is 1.72. The lowest BCUT2D eigenvalue weighted by Gasteiger charge is -2.29. The van der Waals surface area contributed by atoms with Gasteiger partial charge in [-0.05, 0) is 43.7 Å². The van der Waals surface area contributed by atoms with Crippen molar-refractivity contribution in [2.45, 2.75) is 70.8 Å². The minimum Gasteiger partial charge on any atom is -0.350 e. The summed E-state index contributed by atoms with van der Waals surface area (Å²) in [5.41, 5.74) is 2.23. The standard InChI is InChI=1S/C18H26ClN3O/c1-12(16(23)11-13-7-4-3-5-8-13)22(2)17-14-9-6-10-15(14)20-18(19)21-17/h12-13H,3-11H2,1-2H3. The first-order valence-electron chi connectivity index (χ1n) is 8.87. The molecule has 0 bridgehead atoms. The summed E-state index contributed by atoms with van der Waals surface area (Å²) in [4.78, 5) is 23.5. The highest BCUT2D eigenvalue weighted by molar-refractivity contribution is 6.28. The van der Waals surface area contributed by atoms with E-state index < -0.39 is 0 Å². The number of nitrogens with zero attached hydrogens (tertiary/aromatic N) is 3. The van der Waals surface area contributed by atoms with E-state index in [0.29, 0.717) is 23.4 Å². The van der Waals surface area contributed by atoms with Gasteiger partial charge in [0.05, 0.1) is 11.7 Å². The van der Waals surface area contributed by atoms with Crippen molar-refractivity contribution in [1.29, 1.82) is 0 Å². The van der Waals surface area contributed by atoms with Crippen molar-refractivity contribution in [2.75, 3.05) is 11.9 Å². The molecule has 4 nitrogen and oxygen atoms in total. The van der Waals surface area contributed by atoms with Crippen molar-refractivity contribution >= 4 is 23.2 Å². The van der Waals surface area contributed by atoms with E-state index in [1.54, 1.807) is 0 Å². The first-order chi connectivity index (χ1) is 11.1. The molecular weight excluding hydrogens is 310 g/mol. The second kappa shape index (κ2) is 7.16. The normalized spacial score (nSPS) is 19.4. The Morgan fingerprint density at radius 3 is 2.70 bits per heavy atom. The van der Waals surface area contributed by atoms with Crippen LogP contribution < -0.4 is 4.90 Å². The molecule has 5 heteroatoms. The van der Waals surface area contributed by atoms with E-state index in [4.69, 9.17) is 11.6 Å². The van der Waals surface area contributed by atoms with Crippen LogP contribution in [-0.4, -0.2) is 28.8 Å². The number of anilines is 1. The van der Waals surface area contributed by atoms with Crippen LogP contribution in [0.5, 0.6) is 0 Å². The van der Waals surface area contributed by atoms with Gasteiger partial charge in [0, 0.05) is 19.0 Å². The van der Waals surface area contributed by atoms with Crippen LogP contribution in [0.4, 0.5) is 5.82 Å². The summed E-state index contributed by atoms with van der Waals surface area (Å²) in [5, 5.41) is 0.291. The molecule has 1 saturated carbocycles. The number of aromatic nitrogens is 2. The second-order valence-corrected chi connectivity index (χ2v) is 7.39. The highest BCUT2D eigenvalue weighted by atomic mass is 35.5. The molecule has 1 atom stereocenters. The molecule has 1 unspecified atom stereocenters. The van der Waals surface area contributed by atoms with Crippen molar-refractivity contribution in [3.8, 4) is 0 Å². The lowest BCUT2D eigenvalue weighted by atomic mass is 9.85. The third kappa shape index (κ3) is 3.68. The number of hydrogen-bond donors (Lipinski definition) is 0. The van der Waals surface area contributed by atoms with E-state index in [-0.39, 0.29) is 6.04 Å². The van der Waals surface area contributed by atoms with E-state index in [2.05, 4.69) is 9.97 Å². The molecule has 0 N–H and O–H groups in total. The number of likely N-dealkylation sites (N-methyl/N-ethyl adjacent to an activating group) is 1. The molecule has 0 radical (unpaired) electrons. The zero-order valence-corrected chi connectivity index (χ0v) is 14.9. The number of carbonyl (C=O) groups excluding carboxylic acids is 1.